The molecule has 1 aliphatic carbocycles. The van der Waals surface area contributed by atoms with Crippen LogP contribution >= 0.6 is 11.8 Å². The van der Waals surface area contributed by atoms with Crippen molar-refractivity contribution in [3.63, 3.8) is 0 Å². The van der Waals surface area contributed by atoms with E-state index in [9.17, 15) is 19.5 Å². The van der Waals surface area contributed by atoms with Crippen LogP contribution in [0.1, 0.15) is 65.3 Å². The molecule has 1 aliphatic heterocycles. The first-order chi connectivity index (χ1) is 14.4. The van der Waals surface area contributed by atoms with Crippen molar-refractivity contribution in [3.8, 4) is 0 Å². The third-order valence-corrected chi connectivity index (χ3v) is 7.91. The normalized spacial score (nSPS) is 22.9. The first-order valence-electron chi connectivity index (χ1n) is 10.5. The van der Waals surface area contributed by atoms with Crippen molar-refractivity contribution in [3.05, 3.63) is 65.2 Å². The van der Waals surface area contributed by atoms with Gasteiger partial charge in [0.15, 0.2) is 11.6 Å². The number of benzene rings is 2. The van der Waals surface area contributed by atoms with Crippen LogP contribution in [0.2, 0.25) is 0 Å². The molecule has 1 N–H and O–H groups in total. The summed E-state index contributed by atoms with van der Waals surface area (Å²) in [7, 11) is 0. The number of hydrogen-bond donors (Lipinski definition) is 1. The van der Waals surface area contributed by atoms with Crippen molar-refractivity contribution in [1.29, 1.82) is 0 Å². The lowest BCUT2D eigenvalue weighted by Crippen LogP contribution is -2.35. The van der Waals surface area contributed by atoms with Crippen LogP contribution < -0.4 is 0 Å². The summed E-state index contributed by atoms with van der Waals surface area (Å²) in [6.45, 7) is 1.60. The summed E-state index contributed by atoms with van der Waals surface area (Å²) in [5.41, 5.74) is 0.432. The zero-order valence-corrected chi connectivity index (χ0v) is 17.9. The molecule has 0 radical (unpaired) electrons. The van der Waals surface area contributed by atoms with Crippen LogP contribution in [0.25, 0.3) is 0 Å². The Labute approximate surface area is 181 Å². The maximum Gasteiger partial charge on any atom is 0.314 e. The van der Waals surface area contributed by atoms with Gasteiger partial charge in [-0.1, -0.05) is 49.2 Å². The number of rotatable bonds is 5. The number of aliphatic carboxylic acids is 1. The first-order valence-corrected chi connectivity index (χ1v) is 11.5. The molecule has 1 saturated carbocycles. The zero-order valence-electron chi connectivity index (χ0n) is 17.1. The van der Waals surface area contributed by atoms with Crippen LogP contribution in [-0.4, -0.2) is 28.4 Å². The summed E-state index contributed by atoms with van der Waals surface area (Å²) < 4.78 is 0. The third kappa shape index (κ3) is 3.83. The zero-order chi connectivity index (χ0) is 21.3. The minimum atomic E-state index is -1.36. The van der Waals surface area contributed by atoms with E-state index in [0.29, 0.717) is 22.6 Å². The molecule has 2 aromatic carbocycles. The van der Waals surface area contributed by atoms with Crippen LogP contribution in [-0.2, 0) is 10.2 Å². The lowest BCUT2D eigenvalue weighted by molar-refractivity contribution is -0.143. The summed E-state index contributed by atoms with van der Waals surface area (Å²) in [5, 5.41) is 10.0. The van der Waals surface area contributed by atoms with E-state index >= 15 is 0 Å². The number of carbonyl (C=O) groups is 3. The Morgan fingerprint density at radius 2 is 1.83 bits per heavy atom. The van der Waals surface area contributed by atoms with Gasteiger partial charge in [-0.2, -0.15) is 0 Å². The monoisotopic (exact) mass is 422 g/mol. The van der Waals surface area contributed by atoms with Crippen molar-refractivity contribution < 1.29 is 19.5 Å². The Hall–Kier alpha value is -2.40. The van der Waals surface area contributed by atoms with E-state index in [1.807, 2.05) is 12.1 Å². The molecule has 0 saturated heterocycles. The number of ketones is 2. The molecule has 0 amide bonds. The maximum absolute atomic E-state index is 13.1. The maximum atomic E-state index is 13.1. The van der Waals surface area contributed by atoms with Crippen molar-refractivity contribution in [1.82, 2.24) is 0 Å². The largest absolute Gasteiger partial charge is 0.481 e. The number of carboxylic acids is 1. The Morgan fingerprint density at radius 3 is 2.57 bits per heavy atom. The minimum absolute atomic E-state index is 0.0869. The quantitative estimate of drug-likeness (QED) is 0.654. The predicted molar refractivity (Wildman–Crippen MR) is 117 cm³/mol. The van der Waals surface area contributed by atoms with Gasteiger partial charge in [-0.3, -0.25) is 14.4 Å². The average Bonchev–Trinajstić information content (AvgIpc) is 2.91. The number of fused-ring (bicyclic) bond motifs is 2. The van der Waals surface area contributed by atoms with Gasteiger partial charge in [0.25, 0.3) is 0 Å². The van der Waals surface area contributed by atoms with Gasteiger partial charge < -0.3 is 5.11 Å². The highest BCUT2D eigenvalue weighted by Gasteiger charge is 2.40. The predicted octanol–water partition coefficient (Wildman–Crippen LogP) is 5.40. The van der Waals surface area contributed by atoms with Crippen molar-refractivity contribution in [2.75, 3.05) is 5.75 Å². The van der Waals surface area contributed by atoms with Gasteiger partial charge in [-0.15, -0.1) is 11.8 Å². The van der Waals surface area contributed by atoms with Gasteiger partial charge in [-0.25, -0.2) is 0 Å². The van der Waals surface area contributed by atoms with E-state index < -0.39 is 11.4 Å². The van der Waals surface area contributed by atoms with Gasteiger partial charge in [0.05, 0.1) is 5.41 Å². The lowest BCUT2D eigenvalue weighted by atomic mass is 9.75. The molecule has 0 spiro atoms. The summed E-state index contributed by atoms with van der Waals surface area (Å²) >= 11 is 1.66. The van der Waals surface area contributed by atoms with E-state index in [-0.39, 0.29) is 23.9 Å². The molecule has 1 heterocycles. The van der Waals surface area contributed by atoms with Crippen molar-refractivity contribution in [2.24, 2.45) is 11.8 Å². The summed E-state index contributed by atoms with van der Waals surface area (Å²) in [6.07, 6.45) is 4.18. The SMILES string of the molecule is CC(CC(=O)c1ccccc1)(C(=O)O)c1ccc2c(c1)SCC1CCCCC1C2=O. The van der Waals surface area contributed by atoms with E-state index in [1.54, 1.807) is 55.1 Å². The lowest BCUT2D eigenvalue weighted by Gasteiger charge is -2.28. The molecule has 30 heavy (non-hydrogen) atoms. The van der Waals surface area contributed by atoms with E-state index in [4.69, 9.17) is 0 Å². The van der Waals surface area contributed by atoms with Gasteiger partial charge in [-0.05, 0) is 43.4 Å². The fraction of sp³-hybridized carbons (Fsp3) is 0.400. The number of carbonyl (C=O) groups excluding carboxylic acids is 2. The van der Waals surface area contributed by atoms with Gasteiger partial charge in [0.2, 0.25) is 0 Å². The fourth-order valence-electron chi connectivity index (χ4n) is 4.69. The molecule has 2 aromatic rings. The number of hydrogen-bond acceptors (Lipinski definition) is 4. The van der Waals surface area contributed by atoms with Crippen molar-refractivity contribution >= 4 is 29.3 Å². The molecule has 4 rings (SSSR count). The van der Waals surface area contributed by atoms with Crippen LogP contribution in [0, 0.1) is 11.8 Å². The highest BCUT2D eigenvalue weighted by Crippen LogP contribution is 2.43. The number of carboxylic acid groups (broad SMARTS) is 1. The van der Waals surface area contributed by atoms with Gasteiger partial charge >= 0.3 is 5.97 Å². The minimum Gasteiger partial charge on any atom is -0.481 e. The molecule has 5 heteroatoms. The Balaban J connectivity index is 1.67. The number of thioether (sulfide) groups is 1. The van der Waals surface area contributed by atoms with Crippen LogP contribution in [0.3, 0.4) is 0 Å². The van der Waals surface area contributed by atoms with E-state index in [0.717, 1.165) is 29.9 Å². The highest BCUT2D eigenvalue weighted by atomic mass is 32.2. The van der Waals surface area contributed by atoms with Crippen molar-refractivity contribution in [2.45, 2.75) is 49.3 Å². The molecule has 3 atom stereocenters. The molecule has 3 unspecified atom stereocenters. The third-order valence-electron chi connectivity index (χ3n) is 6.66. The van der Waals surface area contributed by atoms with Crippen LogP contribution in [0.15, 0.2) is 53.4 Å². The molecule has 0 bridgehead atoms. The first kappa shape index (κ1) is 20.9. The smallest absolute Gasteiger partial charge is 0.314 e. The molecular formula is C25H26O4S. The topological polar surface area (TPSA) is 71.4 Å². The summed E-state index contributed by atoms with van der Waals surface area (Å²) in [5.74, 6) is 0.334. The van der Waals surface area contributed by atoms with E-state index in [1.165, 1.54) is 6.42 Å². The molecule has 2 aliphatic rings. The Bertz CT molecular complexity index is 984. The number of Topliss-reactive ketones (excluding diaryl/α,β-unsaturated/α-hetero) is 2. The molecule has 1 fully saturated rings. The standard InChI is InChI=1S/C25H26O4S/c1-25(24(28)29,14-21(26)16-7-3-2-4-8-16)18-11-12-20-22(13-18)30-15-17-9-5-6-10-19(17)23(20)27/h2-4,7-8,11-13,17,19H,5-6,9-10,14-15H2,1H3,(H,28,29). The summed E-state index contributed by atoms with van der Waals surface area (Å²) in [4.78, 5) is 39.0. The fourth-order valence-corrected chi connectivity index (χ4v) is 6.01. The second-order valence-electron chi connectivity index (χ2n) is 8.64. The molecular weight excluding hydrogens is 396 g/mol. The van der Waals surface area contributed by atoms with Crippen LogP contribution in [0.4, 0.5) is 0 Å². The van der Waals surface area contributed by atoms with E-state index in [2.05, 4.69) is 0 Å². The average molecular weight is 423 g/mol. The van der Waals surface area contributed by atoms with Gasteiger partial charge in [0, 0.05) is 34.1 Å². The Kier molecular flexibility index (Phi) is 5.83. The molecule has 0 aromatic heterocycles. The van der Waals surface area contributed by atoms with Crippen LogP contribution in [0.5, 0.6) is 0 Å². The second kappa shape index (κ2) is 8.38. The summed E-state index contributed by atoms with van der Waals surface area (Å²) in [6, 6.07) is 14.1. The highest BCUT2D eigenvalue weighted by molar-refractivity contribution is 7.99. The second-order valence-corrected chi connectivity index (χ2v) is 9.70. The van der Waals surface area contributed by atoms with Gasteiger partial charge in [0.1, 0.15) is 0 Å². The molecule has 4 nitrogen and oxygen atoms in total. The molecule has 156 valence electrons. The Morgan fingerprint density at radius 1 is 1.10 bits per heavy atom.